The average Bonchev–Trinajstić information content (AvgIpc) is 2.29. The van der Waals surface area contributed by atoms with E-state index in [0.717, 1.165) is 38.7 Å². The third-order valence-electron chi connectivity index (χ3n) is 3.35. The molecule has 1 aromatic carbocycles. The molecule has 0 spiro atoms. The lowest BCUT2D eigenvalue weighted by Crippen LogP contribution is -2.27. The van der Waals surface area contributed by atoms with E-state index >= 15 is 0 Å². The van der Waals surface area contributed by atoms with Crippen molar-refractivity contribution in [2.75, 3.05) is 13.7 Å². The summed E-state index contributed by atoms with van der Waals surface area (Å²) >= 11 is 0. The first kappa shape index (κ1) is 11.6. The van der Waals surface area contributed by atoms with Crippen molar-refractivity contribution < 1.29 is 4.74 Å². The Kier molecular flexibility index (Phi) is 3.97. The van der Waals surface area contributed by atoms with Crippen LogP contribution in [-0.2, 0) is 24.0 Å². The summed E-state index contributed by atoms with van der Waals surface area (Å²) in [6, 6.07) is 7.24. The summed E-state index contributed by atoms with van der Waals surface area (Å²) in [5.41, 5.74) is 10.4. The molecule has 0 saturated heterocycles. The van der Waals surface area contributed by atoms with Crippen LogP contribution in [0.2, 0.25) is 0 Å². The molecule has 1 aliphatic rings. The van der Waals surface area contributed by atoms with E-state index in [-0.39, 0.29) is 0 Å². The van der Waals surface area contributed by atoms with Crippen LogP contribution in [0, 0.1) is 0 Å². The van der Waals surface area contributed by atoms with Crippen molar-refractivity contribution in [1.82, 2.24) is 0 Å². The van der Waals surface area contributed by atoms with E-state index in [0.29, 0.717) is 6.04 Å². The standard InChI is InChI=1S/C14H21NO/c1-16-8-2-3-11-4-5-12-6-7-14(15)10-13(12)9-11/h4-5,9,14H,2-3,6-8,10,15H2,1H3. The molecule has 2 N–H and O–H groups in total. The highest BCUT2D eigenvalue weighted by molar-refractivity contribution is 5.34. The molecule has 1 atom stereocenters. The van der Waals surface area contributed by atoms with Gasteiger partial charge in [0.2, 0.25) is 0 Å². The van der Waals surface area contributed by atoms with Gasteiger partial charge in [0.15, 0.2) is 0 Å². The number of methoxy groups -OCH3 is 1. The van der Waals surface area contributed by atoms with Crippen LogP contribution in [0.5, 0.6) is 0 Å². The fraction of sp³-hybridized carbons (Fsp3) is 0.571. The Labute approximate surface area is 97.8 Å². The molecular formula is C14H21NO. The Morgan fingerprint density at radius 1 is 1.38 bits per heavy atom. The summed E-state index contributed by atoms with van der Waals surface area (Å²) in [5, 5.41) is 0. The lowest BCUT2D eigenvalue weighted by molar-refractivity contribution is 0.195. The maximum atomic E-state index is 6.00. The summed E-state index contributed by atoms with van der Waals surface area (Å²) in [5.74, 6) is 0. The average molecular weight is 219 g/mol. The zero-order valence-corrected chi connectivity index (χ0v) is 10.0. The Hall–Kier alpha value is -0.860. The molecule has 1 unspecified atom stereocenters. The topological polar surface area (TPSA) is 35.2 Å². The molecular weight excluding hydrogens is 198 g/mol. The molecule has 0 heterocycles. The minimum atomic E-state index is 0.363. The van der Waals surface area contributed by atoms with Crippen LogP contribution < -0.4 is 5.73 Å². The smallest absolute Gasteiger partial charge is 0.0465 e. The molecule has 2 rings (SSSR count). The highest BCUT2D eigenvalue weighted by Gasteiger charge is 2.15. The van der Waals surface area contributed by atoms with Crippen LogP contribution in [-0.4, -0.2) is 19.8 Å². The molecule has 0 saturated carbocycles. The van der Waals surface area contributed by atoms with Crippen LogP contribution in [0.25, 0.3) is 0 Å². The van der Waals surface area contributed by atoms with Crippen molar-refractivity contribution in [2.24, 2.45) is 5.73 Å². The highest BCUT2D eigenvalue weighted by atomic mass is 16.5. The van der Waals surface area contributed by atoms with Gasteiger partial charge in [0.05, 0.1) is 0 Å². The summed E-state index contributed by atoms with van der Waals surface area (Å²) in [7, 11) is 1.76. The van der Waals surface area contributed by atoms with Crippen molar-refractivity contribution in [3.8, 4) is 0 Å². The van der Waals surface area contributed by atoms with E-state index in [1.165, 1.54) is 16.7 Å². The van der Waals surface area contributed by atoms with Gasteiger partial charge in [-0.2, -0.15) is 0 Å². The Balaban J connectivity index is 2.03. The quantitative estimate of drug-likeness (QED) is 0.787. The van der Waals surface area contributed by atoms with Gasteiger partial charge in [-0.05, 0) is 48.8 Å². The van der Waals surface area contributed by atoms with Gasteiger partial charge in [0, 0.05) is 19.8 Å². The van der Waals surface area contributed by atoms with Gasteiger partial charge in [-0.15, -0.1) is 0 Å². The number of benzene rings is 1. The Morgan fingerprint density at radius 3 is 3.06 bits per heavy atom. The first-order chi connectivity index (χ1) is 7.79. The summed E-state index contributed by atoms with van der Waals surface area (Å²) in [6.45, 7) is 0.844. The second-order valence-electron chi connectivity index (χ2n) is 4.70. The van der Waals surface area contributed by atoms with E-state index in [9.17, 15) is 0 Å². The molecule has 2 heteroatoms. The Bertz CT molecular complexity index is 349. The predicted octanol–water partition coefficient (Wildman–Crippen LogP) is 2.08. The van der Waals surface area contributed by atoms with E-state index < -0.39 is 0 Å². The minimum Gasteiger partial charge on any atom is -0.385 e. The lowest BCUT2D eigenvalue weighted by atomic mass is 9.87. The second kappa shape index (κ2) is 5.46. The molecule has 16 heavy (non-hydrogen) atoms. The van der Waals surface area contributed by atoms with Crippen LogP contribution >= 0.6 is 0 Å². The van der Waals surface area contributed by atoms with E-state index in [1.54, 1.807) is 7.11 Å². The van der Waals surface area contributed by atoms with E-state index in [4.69, 9.17) is 10.5 Å². The molecule has 1 aromatic rings. The van der Waals surface area contributed by atoms with Crippen molar-refractivity contribution in [1.29, 1.82) is 0 Å². The minimum absolute atomic E-state index is 0.363. The molecule has 2 nitrogen and oxygen atoms in total. The molecule has 0 radical (unpaired) electrons. The van der Waals surface area contributed by atoms with Gasteiger partial charge < -0.3 is 10.5 Å². The fourth-order valence-corrected chi connectivity index (χ4v) is 2.41. The monoisotopic (exact) mass is 219 g/mol. The normalized spacial score (nSPS) is 19.5. The molecule has 0 fully saturated rings. The predicted molar refractivity (Wildman–Crippen MR) is 66.6 cm³/mol. The zero-order valence-electron chi connectivity index (χ0n) is 10.0. The number of hydrogen-bond acceptors (Lipinski definition) is 2. The van der Waals surface area contributed by atoms with Gasteiger partial charge >= 0.3 is 0 Å². The second-order valence-corrected chi connectivity index (χ2v) is 4.70. The molecule has 0 aromatic heterocycles. The molecule has 0 aliphatic heterocycles. The number of nitrogens with two attached hydrogens (primary N) is 1. The van der Waals surface area contributed by atoms with Crippen molar-refractivity contribution in [3.63, 3.8) is 0 Å². The van der Waals surface area contributed by atoms with Gasteiger partial charge in [-0.1, -0.05) is 18.2 Å². The number of fused-ring (bicyclic) bond motifs is 1. The first-order valence-corrected chi connectivity index (χ1v) is 6.15. The summed E-state index contributed by atoms with van der Waals surface area (Å²) in [6.07, 6.45) is 5.54. The van der Waals surface area contributed by atoms with Gasteiger partial charge in [-0.25, -0.2) is 0 Å². The summed E-state index contributed by atoms with van der Waals surface area (Å²) < 4.78 is 5.07. The zero-order chi connectivity index (χ0) is 11.4. The van der Waals surface area contributed by atoms with Crippen molar-refractivity contribution in [3.05, 3.63) is 34.9 Å². The van der Waals surface area contributed by atoms with Crippen molar-refractivity contribution >= 4 is 0 Å². The lowest BCUT2D eigenvalue weighted by Gasteiger charge is -2.22. The van der Waals surface area contributed by atoms with Crippen LogP contribution in [0.3, 0.4) is 0 Å². The van der Waals surface area contributed by atoms with E-state index in [2.05, 4.69) is 18.2 Å². The van der Waals surface area contributed by atoms with Crippen LogP contribution in [0.15, 0.2) is 18.2 Å². The summed E-state index contributed by atoms with van der Waals surface area (Å²) in [4.78, 5) is 0. The van der Waals surface area contributed by atoms with Gasteiger partial charge in [0.25, 0.3) is 0 Å². The maximum absolute atomic E-state index is 6.00. The third kappa shape index (κ3) is 2.83. The molecule has 88 valence electrons. The van der Waals surface area contributed by atoms with E-state index in [1.807, 2.05) is 0 Å². The fourth-order valence-electron chi connectivity index (χ4n) is 2.41. The first-order valence-electron chi connectivity index (χ1n) is 6.15. The van der Waals surface area contributed by atoms with Gasteiger partial charge in [0.1, 0.15) is 0 Å². The molecule has 0 bridgehead atoms. The number of hydrogen-bond donors (Lipinski definition) is 1. The number of ether oxygens (including phenoxy) is 1. The number of rotatable bonds is 4. The largest absolute Gasteiger partial charge is 0.385 e. The van der Waals surface area contributed by atoms with Crippen LogP contribution in [0.1, 0.15) is 29.5 Å². The number of aryl methyl sites for hydroxylation is 2. The molecule has 1 aliphatic carbocycles. The SMILES string of the molecule is COCCCc1ccc2c(c1)CC(N)CC2. The highest BCUT2D eigenvalue weighted by Crippen LogP contribution is 2.22. The molecule has 0 amide bonds. The third-order valence-corrected chi connectivity index (χ3v) is 3.35. The van der Waals surface area contributed by atoms with Gasteiger partial charge in [-0.3, -0.25) is 0 Å². The van der Waals surface area contributed by atoms with Crippen molar-refractivity contribution in [2.45, 2.75) is 38.1 Å². The maximum Gasteiger partial charge on any atom is 0.0465 e. The Morgan fingerprint density at radius 2 is 2.25 bits per heavy atom. The van der Waals surface area contributed by atoms with Crippen LogP contribution in [0.4, 0.5) is 0 Å².